The van der Waals surface area contributed by atoms with Gasteiger partial charge in [-0.2, -0.15) is 17.2 Å². The first kappa shape index (κ1) is 11.3. The number of hydrogen-bond acceptors (Lipinski definition) is 3. The number of alkyl halides is 2. The Labute approximate surface area is 87.9 Å². The molecule has 2 aliphatic rings. The van der Waals surface area contributed by atoms with Crippen molar-refractivity contribution in [1.29, 1.82) is 0 Å². The summed E-state index contributed by atoms with van der Waals surface area (Å²) in [7, 11) is -4.74. The molecular weight excluding hydrogens is 226 g/mol. The second-order valence-electron chi connectivity index (χ2n) is 4.57. The highest BCUT2D eigenvalue weighted by molar-refractivity contribution is 7.87. The Morgan fingerprint density at radius 3 is 2.33 bits per heavy atom. The van der Waals surface area contributed by atoms with Crippen molar-refractivity contribution in [2.24, 2.45) is 11.8 Å². The van der Waals surface area contributed by atoms with E-state index in [1.165, 1.54) is 0 Å². The van der Waals surface area contributed by atoms with Crippen LogP contribution in [0.2, 0.25) is 0 Å². The first-order valence-corrected chi connectivity index (χ1v) is 6.51. The van der Waals surface area contributed by atoms with Gasteiger partial charge in [-0.3, -0.25) is 4.18 Å². The first-order chi connectivity index (χ1) is 6.79. The van der Waals surface area contributed by atoms with Crippen LogP contribution in [0.5, 0.6) is 0 Å². The molecule has 2 rings (SSSR count). The van der Waals surface area contributed by atoms with Crippen molar-refractivity contribution < 1.29 is 21.4 Å². The minimum atomic E-state index is -4.74. The number of rotatable bonds is 3. The monoisotopic (exact) mass is 240 g/mol. The van der Waals surface area contributed by atoms with Gasteiger partial charge in [-0.05, 0) is 37.5 Å². The summed E-state index contributed by atoms with van der Waals surface area (Å²) < 4.78 is 52.2. The van der Waals surface area contributed by atoms with Crippen LogP contribution in [-0.2, 0) is 14.3 Å². The van der Waals surface area contributed by atoms with Crippen LogP contribution in [0.1, 0.15) is 32.6 Å². The van der Waals surface area contributed by atoms with Gasteiger partial charge in [0.25, 0.3) is 0 Å². The third kappa shape index (κ3) is 2.01. The zero-order valence-corrected chi connectivity index (χ0v) is 9.27. The third-order valence-corrected chi connectivity index (χ3v) is 4.74. The van der Waals surface area contributed by atoms with Gasteiger partial charge in [-0.15, -0.1) is 0 Å². The van der Waals surface area contributed by atoms with Gasteiger partial charge in [0.15, 0.2) is 0 Å². The quantitative estimate of drug-likeness (QED) is 0.710. The summed E-state index contributed by atoms with van der Waals surface area (Å²) in [6.45, 7) is 0.357. The summed E-state index contributed by atoms with van der Waals surface area (Å²) in [4.78, 5) is 0. The van der Waals surface area contributed by atoms with Gasteiger partial charge in [0.1, 0.15) is 0 Å². The number of hydrogen-bond donors (Lipinski definition) is 0. The molecule has 3 unspecified atom stereocenters. The molecule has 0 aromatic carbocycles. The third-order valence-electron chi connectivity index (χ3n) is 3.36. The number of halogens is 2. The Morgan fingerprint density at radius 1 is 1.27 bits per heavy atom. The SMILES string of the molecule is CC(F)(F)S(=O)(=O)OC1CC2CCC1C2. The van der Waals surface area contributed by atoms with Crippen LogP contribution < -0.4 is 0 Å². The van der Waals surface area contributed by atoms with Gasteiger partial charge in [0.05, 0.1) is 6.10 Å². The maximum atomic E-state index is 12.7. The first-order valence-electron chi connectivity index (χ1n) is 5.10. The molecule has 3 nitrogen and oxygen atoms in total. The fourth-order valence-corrected chi connectivity index (χ4v) is 3.28. The zero-order valence-electron chi connectivity index (χ0n) is 8.45. The lowest BCUT2D eigenvalue weighted by atomic mass is 9.98. The molecular formula is C9H14F2O3S. The molecule has 3 atom stereocenters. The highest BCUT2D eigenvalue weighted by atomic mass is 32.2. The van der Waals surface area contributed by atoms with Gasteiger partial charge in [0, 0.05) is 6.92 Å². The van der Waals surface area contributed by atoms with Crippen molar-refractivity contribution in [3.63, 3.8) is 0 Å². The van der Waals surface area contributed by atoms with E-state index in [9.17, 15) is 17.2 Å². The van der Waals surface area contributed by atoms with Crippen LogP contribution in [-0.4, -0.2) is 19.8 Å². The molecule has 0 aromatic rings. The van der Waals surface area contributed by atoms with E-state index < -0.39 is 21.5 Å². The Kier molecular flexibility index (Phi) is 2.54. The molecule has 0 spiro atoms. The highest BCUT2D eigenvalue weighted by Gasteiger charge is 2.48. The normalized spacial score (nSPS) is 36.1. The minimum Gasteiger partial charge on any atom is -0.262 e. The molecule has 2 fully saturated rings. The van der Waals surface area contributed by atoms with Crippen LogP contribution in [0.25, 0.3) is 0 Å². The second-order valence-corrected chi connectivity index (χ2v) is 6.39. The molecule has 0 radical (unpaired) electrons. The Bertz CT molecular complexity index is 347. The van der Waals surface area contributed by atoms with E-state index >= 15 is 0 Å². The summed E-state index contributed by atoms with van der Waals surface area (Å²) >= 11 is 0. The molecule has 2 saturated carbocycles. The molecule has 0 aromatic heterocycles. The largest absolute Gasteiger partial charge is 0.367 e. The van der Waals surface area contributed by atoms with Crippen LogP contribution >= 0.6 is 0 Å². The molecule has 0 aliphatic heterocycles. The van der Waals surface area contributed by atoms with Crippen LogP contribution in [0, 0.1) is 11.8 Å². The van der Waals surface area contributed by atoms with Crippen molar-refractivity contribution >= 4 is 10.1 Å². The van der Waals surface area contributed by atoms with Crippen molar-refractivity contribution in [1.82, 2.24) is 0 Å². The van der Waals surface area contributed by atoms with E-state index in [0.717, 1.165) is 19.3 Å². The van der Waals surface area contributed by atoms with E-state index in [1.807, 2.05) is 0 Å². The molecule has 2 aliphatic carbocycles. The van der Waals surface area contributed by atoms with Gasteiger partial charge in [-0.1, -0.05) is 0 Å². The molecule has 88 valence electrons. The fraction of sp³-hybridized carbons (Fsp3) is 1.00. The van der Waals surface area contributed by atoms with Crippen LogP contribution in [0.4, 0.5) is 8.78 Å². The van der Waals surface area contributed by atoms with Crippen LogP contribution in [0.3, 0.4) is 0 Å². The molecule has 2 bridgehead atoms. The lowest BCUT2D eigenvalue weighted by Gasteiger charge is -2.23. The van der Waals surface area contributed by atoms with E-state index in [0.29, 0.717) is 19.3 Å². The summed E-state index contributed by atoms with van der Waals surface area (Å²) in [6.07, 6.45) is 3.00. The van der Waals surface area contributed by atoms with E-state index in [1.54, 1.807) is 0 Å². The Hall–Kier alpha value is -0.230. The number of fused-ring (bicyclic) bond motifs is 2. The second kappa shape index (κ2) is 3.38. The smallest absolute Gasteiger partial charge is 0.262 e. The standard InChI is InChI=1S/C9H14F2O3S/c1-9(10,11)15(12,13)14-8-5-6-2-3-7(8)4-6/h6-8H,2-5H2,1H3. The lowest BCUT2D eigenvalue weighted by Crippen LogP contribution is -2.33. The highest BCUT2D eigenvalue weighted by Crippen LogP contribution is 2.47. The van der Waals surface area contributed by atoms with Crippen molar-refractivity contribution in [3.8, 4) is 0 Å². The molecule has 0 heterocycles. The Balaban J connectivity index is 2.04. The zero-order chi connectivity index (χ0) is 11.3. The van der Waals surface area contributed by atoms with Crippen molar-refractivity contribution in [3.05, 3.63) is 0 Å². The minimum absolute atomic E-state index is 0.159. The molecule has 6 heteroatoms. The summed E-state index contributed by atoms with van der Waals surface area (Å²) in [5.74, 6) is 0.632. The van der Waals surface area contributed by atoms with E-state index in [2.05, 4.69) is 4.18 Å². The predicted octanol–water partition coefficient (Wildman–Crippen LogP) is 2.13. The molecule has 0 N–H and O–H groups in total. The Morgan fingerprint density at radius 2 is 1.93 bits per heavy atom. The predicted molar refractivity (Wildman–Crippen MR) is 49.9 cm³/mol. The molecule has 15 heavy (non-hydrogen) atoms. The van der Waals surface area contributed by atoms with Gasteiger partial charge < -0.3 is 0 Å². The van der Waals surface area contributed by atoms with E-state index in [-0.39, 0.29) is 5.92 Å². The summed E-state index contributed by atoms with van der Waals surface area (Å²) in [5.41, 5.74) is 0. The lowest BCUT2D eigenvalue weighted by molar-refractivity contribution is 0.0685. The van der Waals surface area contributed by atoms with E-state index in [4.69, 9.17) is 0 Å². The van der Waals surface area contributed by atoms with Crippen LogP contribution in [0.15, 0.2) is 0 Å². The summed E-state index contributed by atoms with van der Waals surface area (Å²) in [6, 6.07) is 0. The average Bonchev–Trinajstić information content (AvgIpc) is 2.61. The topological polar surface area (TPSA) is 43.4 Å². The fourth-order valence-electron chi connectivity index (χ4n) is 2.55. The van der Waals surface area contributed by atoms with Crippen molar-refractivity contribution in [2.45, 2.75) is 44.0 Å². The van der Waals surface area contributed by atoms with Gasteiger partial charge >= 0.3 is 15.4 Å². The summed E-state index contributed by atoms with van der Waals surface area (Å²) in [5, 5.41) is -3.80. The maximum absolute atomic E-state index is 12.7. The maximum Gasteiger partial charge on any atom is 0.367 e. The molecule has 0 amide bonds. The average molecular weight is 240 g/mol. The van der Waals surface area contributed by atoms with Crippen molar-refractivity contribution in [2.75, 3.05) is 0 Å². The van der Waals surface area contributed by atoms with Gasteiger partial charge in [-0.25, -0.2) is 0 Å². The van der Waals surface area contributed by atoms with Gasteiger partial charge in [0.2, 0.25) is 0 Å². The molecule has 0 saturated heterocycles.